The summed E-state index contributed by atoms with van der Waals surface area (Å²) >= 11 is 0. The Labute approximate surface area is 467 Å². The quantitative estimate of drug-likeness (QED) is 0.0261. The van der Waals surface area contributed by atoms with Crippen LogP contribution in [0.5, 0.6) is 0 Å². The molecular weight excluding hydrogens is 925 g/mol. The van der Waals surface area contributed by atoms with Crippen molar-refractivity contribution in [3.8, 4) is 0 Å². The second-order valence-corrected chi connectivity index (χ2v) is 22.4. The Kier molecular flexibility index (Phi) is 61.7. The summed E-state index contributed by atoms with van der Waals surface area (Å²) in [7, 11) is 0. The summed E-state index contributed by atoms with van der Waals surface area (Å²) in [5.74, 6) is -0.863. The van der Waals surface area contributed by atoms with Crippen LogP contribution >= 0.6 is 0 Å². The second-order valence-electron chi connectivity index (χ2n) is 22.4. The van der Waals surface area contributed by atoms with Gasteiger partial charge in [0.15, 0.2) is 6.10 Å². The monoisotopic (exact) mass is 1050 g/mol. The molecule has 0 heterocycles. The van der Waals surface area contributed by atoms with E-state index in [1.54, 1.807) is 0 Å². The zero-order valence-electron chi connectivity index (χ0n) is 50.3. The number of unbranched alkanes of at least 4 members (excludes halogenated alkanes) is 42. The third-order valence-electron chi connectivity index (χ3n) is 14.8. The molecule has 0 saturated heterocycles. The molecular formula is C69H126O6. The largest absolute Gasteiger partial charge is 0.462 e. The minimum atomic E-state index is -0.778. The average molecular weight is 1050 g/mol. The maximum absolute atomic E-state index is 12.9. The van der Waals surface area contributed by atoms with Crippen molar-refractivity contribution >= 4 is 17.9 Å². The smallest absolute Gasteiger partial charge is 0.306 e. The molecule has 0 fully saturated rings. The van der Waals surface area contributed by atoms with Gasteiger partial charge in [-0.25, -0.2) is 0 Å². The first-order valence-corrected chi connectivity index (χ1v) is 33.1. The molecule has 0 aromatic carbocycles. The maximum atomic E-state index is 12.9. The van der Waals surface area contributed by atoms with Gasteiger partial charge in [0.2, 0.25) is 0 Å². The Bertz CT molecular complexity index is 1300. The van der Waals surface area contributed by atoms with Gasteiger partial charge in [0.1, 0.15) is 13.2 Å². The highest BCUT2D eigenvalue weighted by atomic mass is 16.6. The number of allylic oxidation sites excluding steroid dienone is 8. The number of hydrogen-bond donors (Lipinski definition) is 0. The average Bonchev–Trinajstić information content (AvgIpc) is 3.41. The van der Waals surface area contributed by atoms with Gasteiger partial charge in [-0.2, -0.15) is 0 Å². The van der Waals surface area contributed by atoms with Gasteiger partial charge in [0, 0.05) is 19.3 Å². The van der Waals surface area contributed by atoms with Gasteiger partial charge >= 0.3 is 17.9 Å². The first kappa shape index (κ1) is 72.4. The number of esters is 3. The highest BCUT2D eigenvalue weighted by Crippen LogP contribution is 2.17. The van der Waals surface area contributed by atoms with Crippen molar-refractivity contribution < 1.29 is 28.6 Å². The van der Waals surface area contributed by atoms with E-state index in [9.17, 15) is 14.4 Å². The normalized spacial score (nSPS) is 12.3. The molecule has 0 aliphatic heterocycles. The lowest BCUT2D eigenvalue weighted by Gasteiger charge is -2.18. The summed E-state index contributed by atoms with van der Waals surface area (Å²) < 4.78 is 17.0. The van der Waals surface area contributed by atoms with E-state index in [-0.39, 0.29) is 31.1 Å². The number of ether oxygens (including phenoxy) is 3. The lowest BCUT2D eigenvalue weighted by Crippen LogP contribution is -2.30. The van der Waals surface area contributed by atoms with Gasteiger partial charge in [-0.15, -0.1) is 0 Å². The molecule has 1 atom stereocenters. The fourth-order valence-electron chi connectivity index (χ4n) is 9.80. The van der Waals surface area contributed by atoms with E-state index in [0.717, 1.165) is 77.0 Å². The Hall–Kier alpha value is -2.63. The van der Waals surface area contributed by atoms with Gasteiger partial charge in [-0.3, -0.25) is 14.4 Å². The van der Waals surface area contributed by atoms with Gasteiger partial charge in [0.25, 0.3) is 0 Å². The highest BCUT2D eigenvalue weighted by Gasteiger charge is 2.19. The van der Waals surface area contributed by atoms with Crippen LogP contribution in [-0.4, -0.2) is 37.2 Å². The molecule has 6 nitrogen and oxygen atoms in total. The van der Waals surface area contributed by atoms with Crippen LogP contribution in [-0.2, 0) is 28.6 Å². The van der Waals surface area contributed by atoms with Crippen molar-refractivity contribution in [3.05, 3.63) is 48.6 Å². The number of hydrogen-bond acceptors (Lipinski definition) is 6. The minimum Gasteiger partial charge on any atom is -0.462 e. The van der Waals surface area contributed by atoms with E-state index in [4.69, 9.17) is 14.2 Å². The van der Waals surface area contributed by atoms with E-state index in [0.29, 0.717) is 19.3 Å². The van der Waals surface area contributed by atoms with E-state index in [2.05, 4.69) is 69.4 Å². The van der Waals surface area contributed by atoms with Crippen molar-refractivity contribution in [1.29, 1.82) is 0 Å². The second kappa shape index (κ2) is 63.9. The molecule has 75 heavy (non-hydrogen) atoms. The van der Waals surface area contributed by atoms with Crippen LogP contribution in [0.25, 0.3) is 0 Å². The molecule has 0 amide bonds. The summed E-state index contributed by atoms with van der Waals surface area (Å²) in [5, 5.41) is 0. The summed E-state index contributed by atoms with van der Waals surface area (Å²) in [6.45, 7) is 6.67. The Morgan fingerprint density at radius 2 is 0.480 bits per heavy atom. The zero-order chi connectivity index (χ0) is 54.3. The van der Waals surface area contributed by atoms with E-state index in [1.165, 1.54) is 238 Å². The number of rotatable bonds is 61. The fraction of sp³-hybridized carbons (Fsp3) is 0.841. The minimum absolute atomic E-state index is 0.0735. The Balaban J connectivity index is 4.30. The van der Waals surface area contributed by atoms with Crippen molar-refractivity contribution in [1.82, 2.24) is 0 Å². The van der Waals surface area contributed by atoms with Gasteiger partial charge in [-0.05, 0) is 83.5 Å². The molecule has 1 unspecified atom stereocenters. The summed E-state index contributed by atoms with van der Waals surface area (Å²) in [5.41, 5.74) is 0. The topological polar surface area (TPSA) is 78.9 Å². The lowest BCUT2D eigenvalue weighted by atomic mass is 10.0. The van der Waals surface area contributed by atoms with Crippen molar-refractivity contribution in [3.63, 3.8) is 0 Å². The van der Waals surface area contributed by atoms with Crippen LogP contribution < -0.4 is 0 Å². The van der Waals surface area contributed by atoms with Crippen LogP contribution in [0.1, 0.15) is 355 Å². The molecule has 0 saturated carbocycles. The van der Waals surface area contributed by atoms with Gasteiger partial charge in [-0.1, -0.05) is 301 Å². The van der Waals surface area contributed by atoms with E-state index >= 15 is 0 Å². The highest BCUT2D eigenvalue weighted by molar-refractivity contribution is 5.71. The molecule has 438 valence electrons. The molecule has 0 aliphatic rings. The Morgan fingerprint density at radius 3 is 0.760 bits per heavy atom. The molecule has 0 N–H and O–H groups in total. The molecule has 0 radical (unpaired) electrons. The molecule has 0 bridgehead atoms. The maximum Gasteiger partial charge on any atom is 0.306 e. The summed E-state index contributed by atoms with van der Waals surface area (Å²) in [6.07, 6.45) is 79.7. The fourth-order valence-corrected chi connectivity index (χ4v) is 9.80. The van der Waals surface area contributed by atoms with Gasteiger partial charge in [0.05, 0.1) is 0 Å². The summed E-state index contributed by atoms with van der Waals surface area (Å²) in [4.78, 5) is 38.3. The first-order valence-electron chi connectivity index (χ1n) is 33.1. The molecule has 0 aliphatic carbocycles. The third kappa shape index (κ3) is 62.1. The first-order chi connectivity index (χ1) is 37.0. The molecule has 0 aromatic heterocycles. The van der Waals surface area contributed by atoms with E-state index < -0.39 is 6.10 Å². The molecule has 0 spiro atoms. The zero-order valence-corrected chi connectivity index (χ0v) is 50.3. The predicted molar refractivity (Wildman–Crippen MR) is 325 cm³/mol. The molecule has 6 heteroatoms. The SMILES string of the molecule is CCCCCCC/C=C\C/C=C\C/C=C\CCCCCCCCCCCCC(=O)OCC(COC(=O)CCCCCCCCCCCCCCCCCC)OC(=O)CCCCCCC/C=C\CCCCCCCCC. The van der Waals surface area contributed by atoms with Crippen LogP contribution in [0.15, 0.2) is 48.6 Å². The van der Waals surface area contributed by atoms with Crippen molar-refractivity contribution in [2.75, 3.05) is 13.2 Å². The van der Waals surface area contributed by atoms with Crippen molar-refractivity contribution in [2.24, 2.45) is 0 Å². The van der Waals surface area contributed by atoms with Crippen LogP contribution in [0.3, 0.4) is 0 Å². The molecule has 0 aromatic rings. The van der Waals surface area contributed by atoms with Gasteiger partial charge < -0.3 is 14.2 Å². The molecule has 0 rings (SSSR count). The van der Waals surface area contributed by atoms with E-state index in [1.807, 2.05) is 0 Å². The van der Waals surface area contributed by atoms with Crippen LogP contribution in [0.2, 0.25) is 0 Å². The lowest BCUT2D eigenvalue weighted by molar-refractivity contribution is -0.167. The standard InChI is InChI=1S/C69H126O6/c1-4-7-10-13-16-19-22-25-28-31-32-33-34-35-36-37-38-39-42-44-47-50-53-56-59-62-68(71)74-65-66(75-69(72)63-60-57-54-51-48-45-41-30-27-24-21-18-15-12-9-6-3)64-73-67(70)61-58-55-52-49-46-43-40-29-26-23-20-17-14-11-8-5-2/h22,25,30-32,34-35,41,66H,4-21,23-24,26-29,33,36-40,42-65H2,1-3H3/b25-22-,32-31-,35-34-,41-30-. The third-order valence-corrected chi connectivity index (χ3v) is 14.8. The number of carbonyl (C=O) groups excluding carboxylic acids is 3. The van der Waals surface area contributed by atoms with Crippen molar-refractivity contribution in [2.45, 2.75) is 361 Å². The van der Waals surface area contributed by atoms with Crippen LogP contribution in [0, 0.1) is 0 Å². The summed E-state index contributed by atoms with van der Waals surface area (Å²) in [6, 6.07) is 0. The predicted octanol–water partition coefficient (Wildman–Crippen LogP) is 22.6. The Morgan fingerprint density at radius 1 is 0.267 bits per heavy atom. The number of carbonyl (C=O) groups is 3. The van der Waals surface area contributed by atoms with Crippen LogP contribution in [0.4, 0.5) is 0 Å².